The number of halogens is 7. The fourth-order valence-corrected chi connectivity index (χ4v) is 1.73. The lowest BCUT2D eigenvalue weighted by atomic mass is 9.87. The Balaban J connectivity index is 2.90. The first-order chi connectivity index (χ1) is 11.1. The molecule has 10 heteroatoms. The van der Waals surface area contributed by atoms with Crippen LogP contribution in [0.3, 0.4) is 0 Å². The standard InChI is InChI=1S/C15H15F7O3/c1-3-12(2,14(17,18)19)11(23)25-10-6-4-9(5-7-10)8-13(16,24)15(20,21)22/h4-7,24H,3,8H2,1-2H3. The molecule has 1 aromatic rings. The van der Waals surface area contributed by atoms with Gasteiger partial charge in [0.1, 0.15) is 5.75 Å². The van der Waals surface area contributed by atoms with Crippen molar-refractivity contribution in [3.63, 3.8) is 0 Å². The molecule has 0 amide bonds. The van der Waals surface area contributed by atoms with Crippen molar-refractivity contribution >= 4 is 5.97 Å². The second kappa shape index (κ2) is 6.81. The molecule has 0 aromatic heterocycles. The molecular weight excluding hydrogens is 361 g/mol. The van der Waals surface area contributed by atoms with Crippen molar-refractivity contribution in [1.82, 2.24) is 0 Å². The van der Waals surface area contributed by atoms with Crippen LogP contribution in [0.15, 0.2) is 24.3 Å². The molecule has 25 heavy (non-hydrogen) atoms. The second-order valence-electron chi connectivity index (χ2n) is 5.65. The predicted molar refractivity (Wildman–Crippen MR) is 72.3 cm³/mol. The number of esters is 1. The summed E-state index contributed by atoms with van der Waals surface area (Å²) in [6.45, 7) is 1.81. The fraction of sp³-hybridized carbons (Fsp3) is 0.533. The quantitative estimate of drug-likeness (QED) is 0.473. The van der Waals surface area contributed by atoms with Crippen LogP contribution in [0.25, 0.3) is 0 Å². The number of hydrogen-bond donors (Lipinski definition) is 1. The Morgan fingerprint density at radius 3 is 1.84 bits per heavy atom. The van der Waals surface area contributed by atoms with Crippen molar-refractivity contribution in [2.75, 3.05) is 0 Å². The maximum Gasteiger partial charge on any atom is 0.448 e. The first kappa shape index (κ1) is 21.2. The van der Waals surface area contributed by atoms with Crippen LogP contribution in [-0.4, -0.2) is 29.3 Å². The maximum absolute atomic E-state index is 13.1. The fourth-order valence-electron chi connectivity index (χ4n) is 1.73. The summed E-state index contributed by atoms with van der Waals surface area (Å²) >= 11 is 0. The largest absolute Gasteiger partial charge is 0.448 e. The van der Waals surface area contributed by atoms with Crippen LogP contribution < -0.4 is 4.74 Å². The highest BCUT2D eigenvalue weighted by molar-refractivity contribution is 5.79. The van der Waals surface area contributed by atoms with Gasteiger partial charge >= 0.3 is 24.2 Å². The van der Waals surface area contributed by atoms with Gasteiger partial charge in [-0.2, -0.15) is 26.3 Å². The first-order valence-electron chi connectivity index (χ1n) is 7.00. The topological polar surface area (TPSA) is 46.5 Å². The van der Waals surface area contributed by atoms with Gasteiger partial charge in [-0.05, 0) is 31.0 Å². The summed E-state index contributed by atoms with van der Waals surface area (Å²) in [5, 5.41) is 8.75. The average molecular weight is 376 g/mol. The number of alkyl halides is 7. The van der Waals surface area contributed by atoms with Crippen LogP contribution >= 0.6 is 0 Å². The van der Waals surface area contributed by atoms with E-state index in [2.05, 4.69) is 4.74 Å². The lowest BCUT2D eigenvalue weighted by molar-refractivity contribution is -0.314. The Morgan fingerprint density at radius 1 is 1.00 bits per heavy atom. The minimum Gasteiger partial charge on any atom is -0.426 e. The number of carbonyl (C=O) groups is 1. The highest BCUT2D eigenvalue weighted by Gasteiger charge is 2.57. The van der Waals surface area contributed by atoms with E-state index in [1.165, 1.54) is 0 Å². The van der Waals surface area contributed by atoms with Crippen molar-refractivity contribution < 1.29 is 45.4 Å². The highest BCUT2D eigenvalue weighted by atomic mass is 19.4. The molecule has 1 aromatic carbocycles. The van der Waals surface area contributed by atoms with Crippen LogP contribution in [0, 0.1) is 5.41 Å². The molecule has 0 heterocycles. The summed E-state index contributed by atoms with van der Waals surface area (Å²) in [6.07, 6.45) is -12.3. The van der Waals surface area contributed by atoms with Gasteiger partial charge in [0.25, 0.3) is 0 Å². The average Bonchev–Trinajstić information content (AvgIpc) is 2.45. The van der Waals surface area contributed by atoms with Crippen molar-refractivity contribution in [3.8, 4) is 5.75 Å². The van der Waals surface area contributed by atoms with Gasteiger partial charge in [0, 0.05) is 6.42 Å². The Morgan fingerprint density at radius 2 is 1.48 bits per heavy atom. The van der Waals surface area contributed by atoms with Gasteiger partial charge in [-0.3, -0.25) is 4.79 Å². The van der Waals surface area contributed by atoms with E-state index in [0.29, 0.717) is 6.92 Å². The lowest BCUT2D eigenvalue weighted by Crippen LogP contribution is -2.44. The van der Waals surface area contributed by atoms with E-state index in [9.17, 15) is 35.5 Å². The molecule has 0 aliphatic rings. The third kappa shape index (κ3) is 4.62. The Bertz CT molecular complexity index is 605. The van der Waals surface area contributed by atoms with E-state index < -0.39 is 42.4 Å². The Labute approximate surface area is 138 Å². The number of rotatable bonds is 5. The maximum atomic E-state index is 13.1. The summed E-state index contributed by atoms with van der Waals surface area (Å²) in [5.74, 6) is -6.39. The zero-order chi connectivity index (χ0) is 19.7. The van der Waals surface area contributed by atoms with Crippen LogP contribution in [0.1, 0.15) is 25.8 Å². The molecule has 0 fully saturated rings. The van der Waals surface area contributed by atoms with Crippen LogP contribution in [-0.2, 0) is 11.2 Å². The summed E-state index contributed by atoms with van der Waals surface area (Å²) in [4.78, 5) is 11.8. The van der Waals surface area contributed by atoms with Crippen LogP contribution in [0.5, 0.6) is 5.75 Å². The van der Waals surface area contributed by atoms with Crippen LogP contribution in [0.2, 0.25) is 0 Å². The van der Waals surface area contributed by atoms with Gasteiger partial charge in [0.15, 0.2) is 5.41 Å². The molecule has 142 valence electrons. The number of ether oxygens (including phenoxy) is 1. The van der Waals surface area contributed by atoms with Gasteiger partial charge in [0.05, 0.1) is 0 Å². The molecular formula is C15H15F7O3. The molecule has 0 aliphatic carbocycles. The summed E-state index contributed by atoms with van der Waals surface area (Å²) in [7, 11) is 0. The molecule has 0 spiro atoms. The lowest BCUT2D eigenvalue weighted by Gasteiger charge is -2.28. The number of hydrogen-bond acceptors (Lipinski definition) is 3. The molecule has 0 saturated heterocycles. The van der Waals surface area contributed by atoms with Gasteiger partial charge < -0.3 is 9.84 Å². The SMILES string of the molecule is CCC(C)(C(=O)Oc1ccc(CC(O)(F)C(F)(F)F)cc1)C(F)(F)F. The zero-order valence-corrected chi connectivity index (χ0v) is 13.1. The summed E-state index contributed by atoms with van der Waals surface area (Å²) in [5.41, 5.74) is -3.04. The van der Waals surface area contributed by atoms with E-state index >= 15 is 0 Å². The molecule has 0 bridgehead atoms. The molecule has 0 radical (unpaired) electrons. The minimum absolute atomic E-state index is 0.295. The number of carbonyl (C=O) groups excluding carboxylic acids is 1. The number of benzene rings is 1. The smallest absolute Gasteiger partial charge is 0.426 e. The van der Waals surface area contributed by atoms with Gasteiger partial charge in [0.2, 0.25) is 0 Å². The molecule has 2 atom stereocenters. The van der Waals surface area contributed by atoms with E-state index in [4.69, 9.17) is 5.11 Å². The molecule has 0 aliphatic heterocycles. The van der Waals surface area contributed by atoms with Crippen molar-refractivity contribution in [1.29, 1.82) is 0 Å². The van der Waals surface area contributed by atoms with Crippen LogP contribution in [0.4, 0.5) is 30.7 Å². The molecule has 0 saturated carbocycles. The normalized spacial score (nSPS) is 17.5. The van der Waals surface area contributed by atoms with Crippen molar-refractivity contribution in [2.24, 2.45) is 5.41 Å². The van der Waals surface area contributed by atoms with E-state index in [1.807, 2.05) is 0 Å². The van der Waals surface area contributed by atoms with Gasteiger partial charge in [-0.15, -0.1) is 0 Å². The molecule has 1 N–H and O–H groups in total. The molecule has 3 nitrogen and oxygen atoms in total. The van der Waals surface area contributed by atoms with Crippen molar-refractivity contribution in [2.45, 2.75) is 44.9 Å². The third-order valence-corrected chi connectivity index (χ3v) is 3.79. The molecule has 2 unspecified atom stereocenters. The Kier molecular flexibility index (Phi) is 5.78. The highest BCUT2D eigenvalue weighted by Crippen LogP contribution is 2.42. The third-order valence-electron chi connectivity index (χ3n) is 3.79. The van der Waals surface area contributed by atoms with E-state index in [1.54, 1.807) is 0 Å². The monoisotopic (exact) mass is 376 g/mol. The minimum atomic E-state index is -5.51. The van der Waals surface area contributed by atoms with Crippen molar-refractivity contribution in [3.05, 3.63) is 29.8 Å². The Hall–Kier alpha value is -1.84. The van der Waals surface area contributed by atoms with Gasteiger partial charge in [-0.25, -0.2) is 4.39 Å². The first-order valence-corrected chi connectivity index (χ1v) is 7.00. The van der Waals surface area contributed by atoms with E-state index in [-0.39, 0.29) is 11.3 Å². The number of aliphatic hydroxyl groups is 1. The predicted octanol–water partition coefficient (Wildman–Crippen LogP) is 4.33. The van der Waals surface area contributed by atoms with Gasteiger partial charge in [-0.1, -0.05) is 19.1 Å². The molecule has 1 rings (SSSR count). The van der Waals surface area contributed by atoms with E-state index in [0.717, 1.165) is 31.2 Å². The zero-order valence-electron chi connectivity index (χ0n) is 13.1. The summed E-state index contributed by atoms with van der Waals surface area (Å²) in [6, 6.07) is 3.61. The second-order valence-corrected chi connectivity index (χ2v) is 5.65. The summed E-state index contributed by atoms with van der Waals surface area (Å²) < 4.78 is 93.3.